The number of nitrogens with zero attached hydrogens (tertiary/aromatic N) is 2. The molecule has 5 heteroatoms. The van der Waals surface area contributed by atoms with Gasteiger partial charge >= 0.3 is 0 Å². The molecule has 0 aliphatic carbocycles. The summed E-state index contributed by atoms with van der Waals surface area (Å²) in [5.41, 5.74) is 1.48. The zero-order valence-corrected chi connectivity index (χ0v) is 12.7. The Balaban J connectivity index is 2.01. The first kappa shape index (κ1) is 14.2. The number of aliphatic hydroxyl groups is 1. The molecule has 0 saturated carbocycles. The third-order valence-electron chi connectivity index (χ3n) is 3.54. The minimum atomic E-state index is -0.835. The molecule has 0 aromatic carbocycles. The van der Waals surface area contributed by atoms with Gasteiger partial charge in [0.1, 0.15) is 5.60 Å². The molecule has 0 fully saturated rings. The van der Waals surface area contributed by atoms with Crippen LogP contribution in [0.2, 0.25) is 0 Å². The molecule has 0 amide bonds. The van der Waals surface area contributed by atoms with Crippen molar-refractivity contribution in [2.45, 2.75) is 32.4 Å². The normalized spacial score (nSPS) is 16.3. The molecule has 2 atom stereocenters. The lowest BCUT2D eigenvalue weighted by atomic mass is 10.0. The molecule has 0 aliphatic rings. The Hall–Kier alpha value is -1.17. The van der Waals surface area contributed by atoms with E-state index >= 15 is 0 Å². The van der Waals surface area contributed by atoms with Crippen LogP contribution in [0.1, 0.15) is 36.0 Å². The fourth-order valence-corrected chi connectivity index (χ4v) is 2.86. The predicted molar refractivity (Wildman–Crippen MR) is 78.3 cm³/mol. The molecule has 104 valence electrons. The zero-order valence-electron chi connectivity index (χ0n) is 11.8. The first-order valence-electron chi connectivity index (χ1n) is 6.40. The molecule has 2 aromatic rings. The van der Waals surface area contributed by atoms with Crippen molar-refractivity contribution in [3.63, 3.8) is 0 Å². The number of hydrogen-bond donors (Lipinski definition) is 2. The van der Waals surface area contributed by atoms with Crippen LogP contribution in [0, 0.1) is 6.92 Å². The van der Waals surface area contributed by atoms with Crippen LogP contribution in [-0.4, -0.2) is 21.4 Å². The van der Waals surface area contributed by atoms with Gasteiger partial charge in [0.2, 0.25) is 0 Å². The van der Waals surface area contributed by atoms with Crippen LogP contribution in [0.15, 0.2) is 23.7 Å². The number of rotatable bonds is 5. The van der Waals surface area contributed by atoms with Crippen LogP contribution < -0.4 is 5.32 Å². The lowest BCUT2D eigenvalue weighted by Crippen LogP contribution is -2.36. The minimum absolute atomic E-state index is 0.167. The van der Waals surface area contributed by atoms with Crippen LogP contribution in [0.5, 0.6) is 0 Å². The molecular weight excluding hydrogens is 258 g/mol. The van der Waals surface area contributed by atoms with E-state index in [1.165, 1.54) is 5.56 Å². The Morgan fingerprint density at radius 2 is 2.32 bits per heavy atom. The van der Waals surface area contributed by atoms with E-state index in [-0.39, 0.29) is 6.04 Å². The van der Waals surface area contributed by atoms with Crippen LogP contribution in [-0.2, 0) is 12.6 Å². The fourth-order valence-electron chi connectivity index (χ4n) is 2.07. The number of thiophene rings is 1. The summed E-state index contributed by atoms with van der Waals surface area (Å²) >= 11 is 1.58. The van der Waals surface area contributed by atoms with Crippen molar-refractivity contribution in [1.82, 2.24) is 15.1 Å². The van der Waals surface area contributed by atoms with Crippen molar-refractivity contribution >= 4 is 11.3 Å². The van der Waals surface area contributed by atoms with E-state index < -0.39 is 5.60 Å². The van der Waals surface area contributed by atoms with Crippen molar-refractivity contribution in [1.29, 1.82) is 0 Å². The van der Waals surface area contributed by atoms with Crippen molar-refractivity contribution in [3.05, 3.63) is 39.8 Å². The van der Waals surface area contributed by atoms with Gasteiger partial charge in [0.25, 0.3) is 0 Å². The number of aromatic nitrogens is 2. The molecule has 19 heavy (non-hydrogen) atoms. The topological polar surface area (TPSA) is 50.1 Å². The molecule has 0 saturated heterocycles. The highest BCUT2D eigenvalue weighted by Crippen LogP contribution is 2.25. The fraction of sp³-hybridized carbons (Fsp3) is 0.500. The Bertz CT molecular complexity index is 531. The largest absolute Gasteiger partial charge is 0.383 e. The third-order valence-corrected chi connectivity index (χ3v) is 4.67. The number of aryl methyl sites for hydroxylation is 1. The summed E-state index contributed by atoms with van der Waals surface area (Å²) in [6, 6.07) is 4.09. The first-order valence-corrected chi connectivity index (χ1v) is 7.28. The van der Waals surface area contributed by atoms with Gasteiger partial charge in [-0.1, -0.05) is 6.07 Å². The third kappa shape index (κ3) is 3.05. The van der Waals surface area contributed by atoms with E-state index in [2.05, 4.69) is 24.3 Å². The van der Waals surface area contributed by atoms with Crippen molar-refractivity contribution < 1.29 is 5.11 Å². The highest BCUT2D eigenvalue weighted by molar-refractivity contribution is 7.10. The molecule has 2 unspecified atom stereocenters. The van der Waals surface area contributed by atoms with Gasteiger partial charge in [-0.25, -0.2) is 0 Å². The van der Waals surface area contributed by atoms with Gasteiger partial charge in [0.15, 0.2) is 0 Å². The molecular formula is C14H21N3OS. The highest BCUT2D eigenvalue weighted by atomic mass is 32.1. The molecule has 4 nitrogen and oxygen atoms in total. The first-order chi connectivity index (χ1) is 8.92. The maximum Gasteiger partial charge on any atom is 0.108 e. The zero-order chi connectivity index (χ0) is 14.0. The summed E-state index contributed by atoms with van der Waals surface area (Å²) in [7, 11) is 1.94. The maximum absolute atomic E-state index is 10.5. The van der Waals surface area contributed by atoms with Gasteiger partial charge in [-0.2, -0.15) is 5.10 Å². The second-order valence-corrected chi connectivity index (χ2v) is 6.11. The summed E-state index contributed by atoms with van der Waals surface area (Å²) < 4.78 is 1.87. The van der Waals surface area contributed by atoms with Gasteiger partial charge in [0, 0.05) is 35.8 Å². The van der Waals surface area contributed by atoms with Crippen LogP contribution in [0.25, 0.3) is 0 Å². The van der Waals surface area contributed by atoms with Crippen LogP contribution in [0.4, 0.5) is 0 Å². The summed E-state index contributed by atoms with van der Waals surface area (Å²) in [5, 5.41) is 20.1. The summed E-state index contributed by atoms with van der Waals surface area (Å²) in [6.45, 7) is 6.50. The average Bonchev–Trinajstić information content (AvgIpc) is 2.99. The van der Waals surface area contributed by atoms with Gasteiger partial charge in [0.05, 0.1) is 6.20 Å². The van der Waals surface area contributed by atoms with Gasteiger partial charge < -0.3 is 10.4 Å². The Morgan fingerprint density at radius 1 is 1.58 bits per heavy atom. The Morgan fingerprint density at radius 3 is 2.84 bits per heavy atom. The Labute approximate surface area is 118 Å². The molecule has 0 spiro atoms. The van der Waals surface area contributed by atoms with E-state index in [1.54, 1.807) is 11.3 Å². The molecule has 2 aromatic heterocycles. The molecule has 2 heterocycles. The second-order valence-electron chi connectivity index (χ2n) is 5.16. The average molecular weight is 279 g/mol. The van der Waals surface area contributed by atoms with Crippen LogP contribution >= 0.6 is 11.3 Å². The van der Waals surface area contributed by atoms with E-state index in [0.717, 1.165) is 10.6 Å². The lowest BCUT2D eigenvalue weighted by Gasteiger charge is -2.25. The van der Waals surface area contributed by atoms with Crippen molar-refractivity contribution in [3.8, 4) is 0 Å². The molecule has 0 bridgehead atoms. The maximum atomic E-state index is 10.5. The van der Waals surface area contributed by atoms with Crippen LogP contribution in [0.3, 0.4) is 0 Å². The molecule has 0 aliphatic heterocycles. The highest BCUT2D eigenvalue weighted by Gasteiger charge is 2.25. The van der Waals surface area contributed by atoms with E-state index in [9.17, 15) is 5.11 Å². The molecule has 2 rings (SSSR count). The molecule has 2 N–H and O–H groups in total. The summed E-state index contributed by atoms with van der Waals surface area (Å²) in [5.74, 6) is 0. The predicted octanol–water partition coefficient (Wildman–Crippen LogP) is 2.35. The van der Waals surface area contributed by atoms with Gasteiger partial charge in [-0.15, -0.1) is 11.3 Å². The van der Waals surface area contributed by atoms with Gasteiger partial charge in [-0.05, 0) is 32.2 Å². The number of nitrogens with one attached hydrogen (secondary N) is 1. The van der Waals surface area contributed by atoms with E-state index in [4.69, 9.17) is 0 Å². The lowest BCUT2D eigenvalue weighted by molar-refractivity contribution is 0.0581. The van der Waals surface area contributed by atoms with E-state index in [1.807, 2.05) is 42.4 Å². The second kappa shape index (κ2) is 5.45. The molecule has 0 radical (unpaired) electrons. The number of hydrogen-bond acceptors (Lipinski definition) is 4. The smallest absolute Gasteiger partial charge is 0.108 e. The summed E-state index contributed by atoms with van der Waals surface area (Å²) in [4.78, 5) is 0.982. The quantitative estimate of drug-likeness (QED) is 0.883. The monoisotopic (exact) mass is 279 g/mol. The van der Waals surface area contributed by atoms with Gasteiger partial charge in [-0.3, -0.25) is 4.68 Å². The van der Waals surface area contributed by atoms with Crippen molar-refractivity contribution in [2.24, 2.45) is 7.05 Å². The minimum Gasteiger partial charge on any atom is -0.383 e. The summed E-state index contributed by atoms with van der Waals surface area (Å²) in [6.07, 6.45) is 1.88. The standard InChI is InChI=1S/C14H21N3OS/c1-10(12-8-16-17(4)11(12)2)15-9-14(3,18)13-6-5-7-19-13/h5-8,10,15,18H,9H2,1-4H3. The SMILES string of the molecule is Cc1c(C(C)NCC(C)(O)c2cccs2)cnn1C. The van der Waals surface area contributed by atoms with Crippen molar-refractivity contribution in [2.75, 3.05) is 6.54 Å². The van der Waals surface area contributed by atoms with E-state index in [0.29, 0.717) is 6.54 Å². The Kier molecular flexibility index (Phi) is 4.08.